The van der Waals surface area contributed by atoms with Crippen LogP contribution in [0.25, 0.3) is 22.2 Å². The van der Waals surface area contributed by atoms with Crippen LogP contribution in [0.15, 0.2) is 41.0 Å². The second-order valence-corrected chi connectivity index (χ2v) is 4.62. The molecule has 4 nitrogen and oxygen atoms in total. The van der Waals surface area contributed by atoms with E-state index in [2.05, 4.69) is 31.1 Å². The summed E-state index contributed by atoms with van der Waals surface area (Å²) in [4.78, 5) is 4.34. The molecule has 3 rings (SSSR count). The molecular formula is C12H9BrN4. The van der Waals surface area contributed by atoms with Gasteiger partial charge >= 0.3 is 0 Å². The Labute approximate surface area is 106 Å². The van der Waals surface area contributed by atoms with E-state index in [0.717, 1.165) is 26.6 Å². The molecule has 17 heavy (non-hydrogen) atoms. The number of rotatable bonds is 1. The predicted octanol–water partition coefficient (Wildman–Crippen LogP) is 2.97. The smallest absolute Gasteiger partial charge is 0.153 e. The van der Waals surface area contributed by atoms with Crippen molar-refractivity contribution in [1.82, 2.24) is 15.2 Å². The molecule has 2 aromatic heterocycles. The van der Waals surface area contributed by atoms with Crippen molar-refractivity contribution < 1.29 is 0 Å². The number of pyridine rings is 1. The summed E-state index contributed by atoms with van der Waals surface area (Å²) in [6.45, 7) is 0. The maximum absolute atomic E-state index is 5.81. The molecule has 0 aliphatic rings. The van der Waals surface area contributed by atoms with Gasteiger partial charge in [0.05, 0.1) is 11.2 Å². The molecule has 0 spiro atoms. The topological polar surface area (TPSA) is 67.6 Å². The zero-order valence-electron chi connectivity index (χ0n) is 8.81. The van der Waals surface area contributed by atoms with E-state index in [1.165, 1.54) is 0 Å². The molecule has 0 aliphatic carbocycles. The van der Waals surface area contributed by atoms with E-state index < -0.39 is 0 Å². The summed E-state index contributed by atoms with van der Waals surface area (Å²) >= 11 is 3.47. The third-order valence-electron chi connectivity index (χ3n) is 2.61. The highest BCUT2D eigenvalue weighted by Gasteiger charge is 2.10. The molecule has 0 atom stereocenters. The number of aromatic nitrogens is 3. The molecule has 0 fully saturated rings. The van der Waals surface area contributed by atoms with Gasteiger partial charge in [0.1, 0.15) is 0 Å². The van der Waals surface area contributed by atoms with Crippen molar-refractivity contribution in [2.45, 2.75) is 0 Å². The number of H-pyrrole nitrogens is 1. The average Bonchev–Trinajstić information content (AvgIpc) is 2.72. The van der Waals surface area contributed by atoms with Gasteiger partial charge in [-0.05, 0) is 24.3 Å². The Hall–Kier alpha value is -1.88. The number of nitrogens with zero attached hydrogens (tertiary/aromatic N) is 2. The van der Waals surface area contributed by atoms with Crippen molar-refractivity contribution >= 4 is 32.7 Å². The molecule has 1 aromatic carbocycles. The summed E-state index contributed by atoms with van der Waals surface area (Å²) in [5, 5.41) is 7.88. The standard InChI is InChI=1S/C12H9BrN4/c13-7-5-8(10-3-1-2-4-15-10)11-9(6-7)12(14)17-16-11/h1-6H,(H3,14,16,17). The van der Waals surface area contributed by atoms with E-state index >= 15 is 0 Å². The minimum atomic E-state index is 0.499. The summed E-state index contributed by atoms with van der Waals surface area (Å²) in [6.07, 6.45) is 1.77. The Balaban J connectivity index is 2.36. The van der Waals surface area contributed by atoms with Gasteiger partial charge in [0.15, 0.2) is 5.82 Å². The van der Waals surface area contributed by atoms with Gasteiger partial charge in [0.2, 0.25) is 0 Å². The van der Waals surface area contributed by atoms with Crippen LogP contribution in [0.2, 0.25) is 0 Å². The molecule has 0 unspecified atom stereocenters. The third kappa shape index (κ3) is 1.68. The van der Waals surface area contributed by atoms with Crippen LogP contribution < -0.4 is 5.73 Å². The predicted molar refractivity (Wildman–Crippen MR) is 71.4 cm³/mol. The molecule has 0 radical (unpaired) electrons. The van der Waals surface area contributed by atoms with Gasteiger partial charge in [0.25, 0.3) is 0 Å². The van der Waals surface area contributed by atoms with E-state index in [1.807, 2.05) is 30.3 Å². The lowest BCUT2D eigenvalue weighted by atomic mass is 10.1. The fourth-order valence-electron chi connectivity index (χ4n) is 1.83. The van der Waals surface area contributed by atoms with Gasteiger partial charge in [-0.1, -0.05) is 22.0 Å². The Kier molecular flexibility index (Phi) is 2.33. The second kappa shape index (κ2) is 3.85. The minimum Gasteiger partial charge on any atom is -0.382 e. The van der Waals surface area contributed by atoms with Crippen LogP contribution >= 0.6 is 15.9 Å². The van der Waals surface area contributed by atoms with E-state index in [0.29, 0.717) is 5.82 Å². The Bertz CT molecular complexity index is 676. The summed E-state index contributed by atoms with van der Waals surface area (Å²) in [5.41, 5.74) is 8.59. The van der Waals surface area contributed by atoms with Crippen LogP contribution in [-0.4, -0.2) is 15.2 Å². The molecule has 3 aromatic rings. The van der Waals surface area contributed by atoms with Crippen molar-refractivity contribution in [1.29, 1.82) is 0 Å². The van der Waals surface area contributed by atoms with Crippen LogP contribution in [0.4, 0.5) is 5.82 Å². The average molecular weight is 289 g/mol. The maximum Gasteiger partial charge on any atom is 0.153 e. The van der Waals surface area contributed by atoms with Crippen LogP contribution in [-0.2, 0) is 0 Å². The van der Waals surface area contributed by atoms with Crippen molar-refractivity contribution in [3.05, 3.63) is 41.0 Å². The molecule has 5 heteroatoms. The number of aromatic amines is 1. The van der Waals surface area contributed by atoms with Crippen molar-refractivity contribution in [3.63, 3.8) is 0 Å². The Morgan fingerprint density at radius 1 is 1.24 bits per heavy atom. The van der Waals surface area contributed by atoms with Crippen LogP contribution in [0, 0.1) is 0 Å². The fraction of sp³-hybridized carbons (Fsp3) is 0. The van der Waals surface area contributed by atoms with E-state index in [-0.39, 0.29) is 0 Å². The summed E-state index contributed by atoms with van der Waals surface area (Å²) in [6, 6.07) is 9.75. The lowest BCUT2D eigenvalue weighted by molar-refractivity contribution is 1.13. The summed E-state index contributed by atoms with van der Waals surface area (Å²) in [7, 11) is 0. The van der Waals surface area contributed by atoms with E-state index in [9.17, 15) is 0 Å². The lowest BCUT2D eigenvalue weighted by Crippen LogP contribution is -1.86. The first-order valence-corrected chi connectivity index (χ1v) is 5.89. The lowest BCUT2D eigenvalue weighted by Gasteiger charge is -2.03. The van der Waals surface area contributed by atoms with Crippen molar-refractivity contribution in [2.24, 2.45) is 0 Å². The van der Waals surface area contributed by atoms with Crippen molar-refractivity contribution in [2.75, 3.05) is 5.73 Å². The molecule has 0 bridgehead atoms. The quantitative estimate of drug-likeness (QED) is 0.723. The first kappa shape index (κ1) is 10.3. The number of halogens is 1. The van der Waals surface area contributed by atoms with Crippen LogP contribution in [0.3, 0.4) is 0 Å². The Morgan fingerprint density at radius 2 is 2.12 bits per heavy atom. The highest BCUT2D eigenvalue weighted by atomic mass is 79.9. The second-order valence-electron chi connectivity index (χ2n) is 3.70. The number of hydrogen-bond acceptors (Lipinski definition) is 3. The number of nitrogens with one attached hydrogen (secondary N) is 1. The SMILES string of the molecule is Nc1n[nH]c2c(-c3ccccn3)cc(Br)cc12. The summed E-state index contributed by atoms with van der Waals surface area (Å²) < 4.78 is 0.957. The van der Waals surface area contributed by atoms with E-state index in [1.54, 1.807) is 6.20 Å². The summed E-state index contributed by atoms with van der Waals surface area (Å²) in [5.74, 6) is 0.499. The van der Waals surface area contributed by atoms with Gasteiger partial charge in [-0.15, -0.1) is 0 Å². The zero-order valence-corrected chi connectivity index (χ0v) is 10.4. The number of fused-ring (bicyclic) bond motifs is 1. The number of anilines is 1. The molecule has 0 amide bonds. The first-order valence-electron chi connectivity index (χ1n) is 5.10. The third-order valence-corrected chi connectivity index (χ3v) is 3.07. The minimum absolute atomic E-state index is 0.499. The zero-order chi connectivity index (χ0) is 11.8. The van der Waals surface area contributed by atoms with Gasteiger partial charge in [-0.25, -0.2) is 0 Å². The number of hydrogen-bond donors (Lipinski definition) is 2. The molecule has 3 N–H and O–H groups in total. The molecule has 0 aliphatic heterocycles. The number of nitrogens with two attached hydrogens (primary N) is 1. The van der Waals surface area contributed by atoms with Gasteiger partial charge in [0, 0.05) is 21.6 Å². The van der Waals surface area contributed by atoms with E-state index in [4.69, 9.17) is 5.73 Å². The Morgan fingerprint density at radius 3 is 2.88 bits per heavy atom. The number of nitrogen functional groups attached to an aromatic ring is 1. The van der Waals surface area contributed by atoms with Gasteiger partial charge in [-0.2, -0.15) is 5.10 Å². The van der Waals surface area contributed by atoms with Crippen molar-refractivity contribution in [3.8, 4) is 11.3 Å². The normalized spacial score (nSPS) is 10.9. The molecule has 2 heterocycles. The largest absolute Gasteiger partial charge is 0.382 e. The highest BCUT2D eigenvalue weighted by molar-refractivity contribution is 9.10. The van der Waals surface area contributed by atoms with Crippen LogP contribution in [0.1, 0.15) is 0 Å². The molecule has 0 saturated heterocycles. The van der Waals surface area contributed by atoms with Crippen LogP contribution in [0.5, 0.6) is 0 Å². The monoisotopic (exact) mass is 288 g/mol. The first-order chi connectivity index (χ1) is 8.25. The molecule has 84 valence electrons. The highest BCUT2D eigenvalue weighted by Crippen LogP contribution is 2.31. The van der Waals surface area contributed by atoms with Gasteiger partial charge < -0.3 is 5.73 Å². The molecular weight excluding hydrogens is 280 g/mol. The fourth-order valence-corrected chi connectivity index (χ4v) is 2.29. The molecule has 0 saturated carbocycles. The maximum atomic E-state index is 5.81. The number of benzene rings is 1. The van der Waals surface area contributed by atoms with Gasteiger partial charge in [-0.3, -0.25) is 10.1 Å².